The Kier molecular flexibility index (Phi) is 8.62. The van der Waals surface area contributed by atoms with E-state index in [2.05, 4.69) is 22.1 Å². The van der Waals surface area contributed by atoms with Crippen molar-refractivity contribution in [2.24, 2.45) is 0 Å². The summed E-state index contributed by atoms with van der Waals surface area (Å²) in [6.45, 7) is 6.86. The van der Waals surface area contributed by atoms with Crippen molar-refractivity contribution in [1.29, 1.82) is 0 Å². The number of ether oxygens (including phenoxy) is 3. The van der Waals surface area contributed by atoms with E-state index < -0.39 is 0 Å². The summed E-state index contributed by atoms with van der Waals surface area (Å²) < 4.78 is 17.9. The lowest BCUT2D eigenvalue weighted by molar-refractivity contribution is -0.113. The van der Waals surface area contributed by atoms with Crippen LogP contribution in [0.2, 0.25) is 5.02 Å². The third-order valence-electron chi connectivity index (χ3n) is 4.53. The average Bonchev–Trinajstić information content (AvgIpc) is 3.22. The Balaban J connectivity index is 1.74. The number of carbonyl (C=O) groups is 1. The van der Waals surface area contributed by atoms with Gasteiger partial charge in [0.1, 0.15) is 17.2 Å². The second kappa shape index (κ2) is 11.6. The number of hydrogen-bond donors (Lipinski definition) is 1. The van der Waals surface area contributed by atoms with Crippen molar-refractivity contribution in [3.8, 4) is 28.6 Å². The number of methoxy groups -OCH3 is 2. The minimum absolute atomic E-state index is 0.118. The van der Waals surface area contributed by atoms with Gasteiger partial charge in [-0.05, 0) is 31.2 Å². The van der Waals surface area contributed by atoms with E-state index in [4.69, 9.17) is 25.8 Å². The maximum absolute atomic E-state index is 12.6. The van der Waals surface area contributed by atoms with Gasteiger partial charge in [0.2, 0.25) is 5.91 Å². The van der Waals surface area contributed by atoms with Crippen LogP contribution in [-0.4, -0.2) is 47.3 Å². The molecule has 174 valence electrons. The van der Waals surface area contributed by atoms with E-state index in [1.54, 1.807) is 18.2 Å². The second-order valence-corrected chi connectivity index (χ2v) is 8.04. The predicted molar refractivity (Wildman–Crippen MR) is 131 cm³/mol. The molecule has 0 aliphatic carbocycles. The zero-order valence-electron chi connectivity index (χ0n) is 18.6. The molecular weight excluding hydrogens is 464 g/mol. The first-order valence-electron chi connectivity index (χ1n) is 10.1. The molecule has 0 radical (unpaired) electrons. The quantitative estimate of drug-likeness (QED) is 0.302. The maximum atomic E-state index is 12.6. The van der Waals surface area contributed by atoms with Gasteiger partial charge in [0, 0.05) is 24.2 Å². The molecule has 0 fully saturated rings. The fourth-order valence-electron chi connectivity index (χ4n) is 3.04. The molecule has 3 aromatic rings. The minimum atomic E-state index is -0.238. The number of benzene rings is 2. The monoisotopic (exact) mass is 488 g/mol. The van der Waals surface area contributed by atoms with Crippen LogP contribution in [0.3, 0.4) is 0 Å². The Morgan fingerprint density at radius 2 is 1.91 bits per heavy atom. The molecule has 10 heteroatoms. The lowest BCUT2D eigenvalue weighted by Gasteiger charge is -2.13. The molecule has 1 aromatic heterocycles. The lowest BCUT2D eigenvalue weighted by atomic mass is 10.2. The first kappa shape index (κ1) is 24.5. The number of thioether (sulfide) groups is 1. The van der Waals surface area contributed by atoms with Crippen LogP contribution >= 0.6 is 23.4 Å². The predicted octanol–water partition coefficient (Wildman–Crippen LogP) is 4.93. The molecule has 2 aromatic carbocycles. The Morgan fingerprint density at radius 1 is 1.18 bits per heavy atom. The number of carbonyl (C=O) groups excluding carboxylic acids is 1. The van der Waals surface area contributed by atoms with E-state index in [9.17, 15) is 4.79 Å². The van der Waals surface area contributed by atoms with Crippen LogP contribution in [-0.2, 0) is 11.3 Å². The average molecular weight is 489 g/mol. The number of amides is 1. The molecule has 0 saturated carbocycles. The van der Waals surface area contributed by atoms with Crippen LogP contribution in [0.4, 0.5) is 5.69 Å². The second-order valence-electron chi connectivity index (χ2n) is 6.69. The smallest absolute Gasteiger partial charge is 0.234 e. The normalized spacial score (nSPS) is 10.5. The lowest BCUT2D eigenvalue weighted by Crippen LogP contribution is -2.15. The van der Waals surface area contributed by atoms with Crippen molar-refractivity contribution >= 4 is 35.0 Å². The highest BCUT2D eigenvalue weighted by Gasteiger charge is 2.17. The van der Waals surface area contributed by atoms with Crippen LogP contribution in [0.15, 0.2) is 54.2 Å². The summed E-state index contributed by atoms with van der Waals surface area (Å²) in [6, 6.07) is 10.8. The van der Waals surface area contributed by atoms with Gasteiger partial charge in [0.15, 0.2) is 11.0 Å². The van der Waals surface area contributed by atoms with Crippen molar-refractivity contribution < 1.29 is 19.0 Å². The van der Waals surface area contributed by atoms with Gasteiger partial charge >= 0.3 is 0 Å². The molecule has 1 N–H and O–H groups in total. The number of hydrogen-bond acceptors (Lipinski definition) is 7. The number of rotatable bonds is 11. The topological polar surface area (TPSA) is 87.5 Å². The molecule has 8 nitrogen and oxygen atoms in total. The number of allylic oxidation sites excluding steroid dienone is 1. The third-order valence-corrected chi connectivity index (χ3v) is 5.79. The number of nitrogens with zero attached hydrogens (tertiary/aromatic N) is 3. The Labute approximate surface area is 201 Å². The van der Waals surface area contributed by atoms with Crippen molar-refractivity contribution in [2.75, 3.05) is 31.9 Å². The highest BCUT2D eigenvalue weighted by molar-refractivity contribution is 7.99. The highest BCUT2D eigenvalue weighted by atomic mass is 35.5. The SMILES string of the molecule is C=CCn1c(SCC(=O)Nc2cc(OC)c(Cl)cc2OC)nnc1-c1ccc(OCC)cc1. The number of anilines is 1. The van der Waals surface area contributed by atoms with E-state index in [0.29, 0.717) is 46.3 Å². The van der Waals surface area contributed by atoms with Crippen LogP contribution in [0.5, 0.6) is 17.2 Å². The van der Waals surface area contributed by atoms with Gasteiger partial charge in [-0.15, -0.1) is 16.8 Å². The van der Waals surface area contributed by atoms with Gasteiger partial charge in [0.05, 0.1) is 37.3 Å². The molecule has 0 aliphatic heterocycles. The number of aromatic nitrogens is 3. The van der Waals surface area contributed by atoms with E-state index >= 15 is 0 Å². The van der Waals surface area contributed by atoms with Gasteiger partial charge < -0.3 is 19.5 Å². The van der Waals surface area contributed by atoms with Crippen molar-refractivity contribution in [3.63, 3.8) is 0 Å². The first-order chi connectivity index (χ1) is 16.0. The summed E-state index contributed by atoms with van der Waals surface area (Å²) in [7, 11) is 3.01. The van der Waals surface area contributed by atoms with Crippen molar-refractivity contribution in [3.05, 3.63) is 54.1 Å². The largest absolute Gasteiger partial charge is 0.495 e. The summed E-state index contributed by atoms with van der Waals surface area (Å²) in [5, 5.41) is 12.4. The Morgan fingerprint density at radius 3 is 2.55 bits per heavy atom. The summed E-state index contributed by atoms with van der Waals surface area (Å²) in [5.74, 6) is 2.23. The molecule has 0 bridgehead atoms. The van der Waals surface area contributed by atoms with Crippen LogP contribution < -0.4 is 19.5 Å². The molecule has 0 aliphatic rings. The van der Waals surface area contributed by atoms with Crippen LogP contribution in [0, 0.1) is 0 Å². The molecule has 33 heavy (non-hydrogen) atoms. The molecule has 0 spiro atoms. The Bertz CT molecular complexity index is 1120. The first-order valence-corrected chi connectivity index (χ1v) is 11.5. The standard InChI is InChI=1S/C23H25ClN4O4S/c1-5-11-28-22(15-7-9-16(10-8-15)32-6-2)26-27-23(28)33-14-21(29)25-18-13-19(30-3)17(24)12-20(18)31-4/h5,7-10,12-13H,1,6,11,14H2,2-4H3,(H,25,29). The fraction of sp³-hybridized carbons (Fsp3) is 0.261. The molecular formula is C23H25ClN4O4S. The molecule has 1 heterocycles. The van der Waals surface area contributed by atoms with Crippen molar-refractivity contribution in [2.45, 2.75) is 18.6 Å². The van der Waals surface area contributed by atoms with Crippen LogP contribution in [0.25, 0.3) is 11.4 Å². The van der Waals surface area contributed by atoms with E-state index in [1.807, 2.05) is 35.8 Å². The highest BCUT2D eigenvalue weighted by Crippen LogP contribution is 2.36. The van der Waals surface area contributed by atoms with Gasteiger partial charge in [-0.3, -0.25) is 9.36 Å². The van der Waals surface area contributed by atoms with Gasteiger partial charge in [-0.25, -0.2) is 0 Å². The summed E-state index contributed by atoms with van der Waals surface area (Å²) >= 11 is 7.40. The minimum Gasteiger partial charge on any atom is -0.495 e. The molecule has 0 atom stereocenters. The summed E-state index contributed by atoms with van der Waals surface area (Å²) in [4.78, 5) is 12.6. The van der Waals surface area contributed by atoms with E-state index in [-0.39, 0.29) is 11.7 Å². The molecule has 0 unspecified atom stereocenters. The van der Waals surface area contributed by atoms with Crippen molar-refractivity contribution in [1.82, 2.24) is 14.8 Å². The van der Waals surface area contributed by atoms with Gasteiger partial charge in [0.25, 0.3) is 0 Å². The van der Waals surface area contributed by atoms with Crippen LogP contribution in [0.1, 0.15) is 6.92 Å². The fourth-order valence-corrected chi connectivity index (χ4v) is 4.02. The number of halogens is 1. The van der Waals surface area contributed by atoms with Gasteiger partial charge in [-0.2, -0.15) is 0 Å². The zero-order chi connectivity index (χ0) is 23.8. The van der Waals surface area contributed by atoms with E-state index in [1.165, 1.54) is 26.0 Å². The maximum Gasteiger partial charge on any atom is 0.234 e. The molecule has 0 saturated heterocycles. The summed E-state index contributed by atoms with van der Waals surface area (Å²) in [5.41, 5.74) is 1.36. The Hall–Kier alpha value is -3.17. The number of nitrogens with one attached hydrogen (secondary N) is 1. The zero-order valence-corrected chi connectivity index (χ0v) is 20.2. The van der Waals surface area contributed by atoms with Gasteiger partial charge in [-0.1, -0.05) is 29.4 Å². The molecule has 3 rings (SSSR count). The molecule has 1 amide bonds. The summed E-state index contributed by atoms with van der Waals surface area (Å²) in [6.07, 6.45) is 1.76. The van der Waals surface area contributed by atoms with E-state index in [0.717, 1.165) is 11.3 Å². The third kappa shape index (κ3) is 6.00.